The number of ether oxygens (including phenoxy) is 8. The molecule has 800 valence electrons. The summed E-state index contributed by atoms with van der Waals surface area (Å²) in [4.78, 5) is 214. The van der Waals surface area contributed by atoms with Gasteiger partial charge in [0.2, 0.25) is 53.4 Å². The van der Waals surface area contributed by atoms with E-state index in [9.17, 15) is 54.0 Å². The lowest BCUT2D eigenvalue weighted by molar-refractivity contribution is -0.347. The van der Waals surface area contributed by atoms with Crippen molar-refractivity contribution < 1.29 is 125 Å². The van der Waals surface area contributed by atoms with Gasteiger partial charge in [0.1, 0.15) is 77.9 Å². The number of nitrogens with two attached hydrogens (primary N) is 1. The molecule has 16 N–H and O–H groups in total. The van der Waals surface area contributed by atoms with Gasteiger partial charge in [0.15, 0.2) is 11.4 Å². The molecule has 5 aromatic carbocycles. The number of carbonyl (C=O) groups is 14. The minimum atomic E-state index is -2.43. The Morgan fingerprint density at radius 2 is 1.31 bits per heavy atom. The number of H-pyrrole nitrogens is 1. The van der Waals surface area contributed by atoms with E-state index in [1.807, 2.05) is 25.1 Å². The number of hydrogen-bond donors (Lipinski definition) is 15. The van der Waals surface area contributed by atoms with Crippen molar-refractivity contribution in [2.75, 3.05) is 70.1 Å². The molecule has 21 atom stereocenters. The highest BCUT2D eigenvalue weighted by Crippen LogP contribution is 2.65. The number of aromatic nitrogens is 1. The number of alkyl carbamates (subject to hydrolysis) is 1. The predicted octanol–water partition coefficient (Wildman–Crippen LogP) is 7.34. The molecule has 8 unspecified atom stereocenters. The lowest BCUT2D eigenvalue weighted by Crippen LogP contribution is -2.82. The van der Waals surface area contributed by atoms with Gasteiger partial charge in [0, 0.05) is 131 Å². The number of amides is 10. The third-order valence-corrected chi connectivity index (χ3v) is 32.4. The standard InChI is InChI=1S/C105H140N12O26S4/c1-14-15-45-117(100(134)140-87(85(66-36-24-18-25-37-66)116-99(133)143-101(6,7)8)98(132)139-78-54-105(135)90(141-97(131)67-38-26-19-27-39-67)88-103(11,89(124)86(137-13)83(60(78)2)102(105,9)10)79(136-12)53-80-104(88,59-138-80)142-63(5)121)46-48-145-144-47-43-81(122)109-73(49-64-32-20-16-21-33-64)92(126)114-77-58-147-146-57-69(52-82(123)110-76(56-118)61(3)119)108-96(130)84(62(4)120)115-91(125)72(42-30-31-44-106)111-94(128)75(51-68-55-107-71-41-29-28-40-70(68)71)113-93(127)74(112-95(77)129)50-65-34-22-17-23-35-65/h16-29,32-41,55,61-62,69,72-80,84-88,90,107,118-120,135H,14-15,30-31,42-54,56-59,106H2,1-13H3,(H,108,130)(H,109,122)(H,110,123)(H,111,128)(H,112,129)(H,113,127)(H,114,126)(H,115,125)(H,116,133)/t61-,62-,69?,72+,73-,74+,75-,76?,77+,78+,79?,80?,84?,85?,86-,87-,88+,90+,103?,104+,105?/m1/s1. The van der Waals surface area contributed by atoms with Crippen molar-refractivity contribution in [2.24, 2.45) is 22.5 Å². The van der Waals surface area contributed by atoms with Crippen LogP contribution in [0.25, 0.3) is 10.9 Å². The fourth-order valence-corrected chi connectivity index (χ4v) is 24.1. The largest absolute Gasteiger partial charge is 0.455 e. The Morgan fingerprint density at radius 3 is 1.93 bits per heavy atom. The molecular formula is C105H140N12O26S4. The molecule has 3 aliphatic carbocycles. The summed E-state index contributed by atoms with van der Waals surface area (Å²) in [5.41, 5.74) is 0.256. The van der Waals surface area contributed by atoms with Crippen molar-refractivity contribution in [3.05, 3.63) is 191 Å². The second kappa shape index (κ2) is 53.3. The normalized spacial score (nSPS) is 25.8. The molecule has 38 nitrogen and oxygen atoms in total. The van der Waals surface area contributed by atoms with Crippen LogP contribution in [0.15, 0.2) is 163 Å². The number of esters is 3. The molecule has 2 bridgehead atoms. The predicted molar refractivity (Wildman–Crippen MR) is 554 cm³/mol. The highest BCUT2D eigenvalue weighted by molar-refractivity contribution is 8.77. The summed E-state index contributed by atoms with van der Waals surface area (Å²) >= 11 is 0. The first-order valence-electron chi connectivity index (χ1n) is 49.5. The van der Waals surface area contributed by atoms with E-state index in [-0.39, 0.29) is 110 Å². The smallest absolute Gasteiger partial charge is 0.410 e. The van der Waals surface area contributed by atoms with Gasteiger partial charge in [-0.05, 0) is 132 Å². The summed E-state index contributed by atoms with van der Waals surface area (Å²) in [5.74, 6) is -11.8. The monoisotopic (exact) mass is 2110 g/mol. The highest BCUT2D eigenvalue weighted by atomic mass is 33.1. The maximum atomic E-state index is 16.3. The molecular weight excluding hydrogens is 1970 g/mol. The van der Waals surface area contributed by atoms with Crippen molar-refractivity contribution in [3.63, 3.8) is 0 Å². The number of nitrogens with one attached hydrogen (secondary N) is 10. The summed E-state index contributed by atoms with van der Waals surface area (Å²) in [6.45, 7) is 16.4. The van der Waals surface area contributed by atoms with Gasteiger partial charge < -0.3 is 122 Å². The van der Waals surface area contributed by atoms with Crippen LogP contribution in [0.2, 0.25) is 0 Å². The van der Waals surface area contributed by atoms with Crippen molar-refractivity contribution in [3.8, 4) is 0 Å². The lowest BCUT2D eigenvalue weighted by Gasteiger charge is -2.67. The number of ketones is 1. The van der Waals surface area contributed by atoms with E-state index >= 15 is 33.6 Å². The maximum Gasteiger partial charge on any atom is 0.410 e. The average molecular weight is 2110 g/mol. The summed E-state index contributed by atoms with van der Waals surface area (Å²) in [5, 5.41) is 71.9. The molecule has 42 heteroatoms. The van der Waals surface area contributed by atoms with Crippen LogP contribution in [-0.4, -0.2) is 297 Å². The summed E-state index contributed by atoms with van der Waals surface area (Å²) < 4.78 is 50.7. The molecule has 0 radical (unpaired) electrons. The highest BCUT2D eigenvalue weighted by Gasteiger charge is 2.78. The molecule has 0 spiro atoms. The van der Waals surface area contributed by atoms with Crippen molar-refractivity contribution in [1.82, 2.24) is 57.7 Å². The van der Waals surface area contributed by atoms with Crippen LogP contribution >= 0.6 is 43.2 Å². The third-order valence-electron chi connectivity index (χ3n) is 27.6. The van der Waals surface area contributed by atoms with Gasteiger partial charge in [-0.1, -0.05) is 198 Å². The van der Waals surface area contributed by atoms with E-state index in [1.165, 1.54) is 73.6 Å². The number of fused-ring (bicyclic) bond motifs is 6. The Bertz CT molecular complexity index is 5570. The number of rotatable bonds is 40. The number of carbonyl (C=O) groups excluding carboxylic acids is 14. The van der Waals surface area contributed by atoms with Crippen LogP contribution < -0.4 is 53.6 Å². The Kier molecular flexibility index (Phi) is 42.1. The van der Waals surface area contributed by atoms with Gasteiger partial charge in [-0.3, -0.25) is 47.9 Å². The molecule has 5 aliphatic rings. The van der Waals surface area contributed by atoms with Gasteiger partial charge in [0.05, 0.1) is 54.5 Å². The Labute approximate surface area is 871 Å². The SMILES string of the molecule is CCCCN(CCSSCCC(=O)N[C@H](Cc1ccccc1)C(=O)N[C@H]1CSSCC(CC(=O)NC(CO)[C@@H](C)O)NC(=O)C([C@@H](C)O)NC(=O)[C@H](CCCCN)NC(=O)[C@@H](Cc2c[nH]c3ccccc23)NC(=O)[C@H](Cc2ccccc2)NC1=O)C(=O)O[C@@H](C(=O)O[C@H]1CC2(O)[C@@H](OC(=O)c3ccccc3)[C@H]3C(C)(C(=O)[C@H](OC)C(=C1C)C2(C)C)C(OC)CC1OC[C@]13OC(C)=O)C(NC(=O)OC(C)(C)C)c1ccccc1. The fraction of sp³-hybridized carbons (Fsp3) is 0.543. The average Bonchev–Trinajstić information content (AvgIpc) is 0.918. The molecule has 10 amide bonds. The van der Waals surface area contributed by atoms with Crippen LogP contribution in [0, 0.1) is 16.7 Å². The van der Waals surface area contributed by atoms with Crippen LogP contribution in [-0.2, 0) is 110 Å². The fourth-order valence-electron chi connectivity index (χ4n) is 19.7. The van der Waals surface area contributed by atoms with Gasteiger partial charge in [-0.25, -0.2) is 19.2 Å². The quantitative estimate of drug-likeness (QED) is 0.00588. The molecule has 2 saturated carbocycles. The van der Waals surface area contributed by atoms with Crippen LogP contribution in [0.4, 0.5) is 9.59 Å². The molecule has 6 aromatic rings. The Hall–Kier alpha value is -11.2. The molecule has 3 heterocycles. The third kappa shape index (κ3) is 29.5. The number of aromatic amines is 1. The number of unbranched alkanes of at least 4 members (excludes halogenated alkanes) is 2. The topological polar surface area (TPSA) is 547 Å². The van der Waals surface area contributed by atoms with Crippen molar-refractivity contribution in [2.45, 2.75) is 273 Å². The van der Waals surface area contributed by atoms with E-state index < -0.39 is 239 Å². The van der Waals surface area contributed by atoms with Crippen LogP contribution in [0.1, 0.15) is 173 Å². The molecule has 147 heavy (non-hydrogen) atoms. The summed E-state index contributed by atoms with van der Waals surface area (Å²) in [7, 11) is 7.28. The number of benzene rings is 5. The zero-order valence-electron chi connectivity index (χ0n) is 85.1. The lowest BCUT2D eigenvalue weighted by atomic mass is 9.44. The zero-order chi connectivity index (χ0) is 107. The number of aliphatic hydroxyl groups is 4. The zero-order valence-corrected chi connectivity index (χ0v) is 88.4. The van der Waals surface area contributed by atoms with Gasteiger partial charge in [0.25, 0.3) is 0 Å². The summed E-state index contributed by atoms with van der Waals surface area (Å²) in [6.07, 6.45) is -12.3. The van der Waals surface area contributed by atoms with E-state index in [2.05, 4.69) is 52.8 Å². The first-order valence-corrected chi connectivity index (χ1v) is 54.5. The molecule has 4 fully saturated rings. The van der Waals surface area contributed by atoms with Crippen molar-refractivity contribution >= 4 is 137 Å². The molecule has 2 saturated heterocycles. The van der Waals surface area contributed by atoms with Crippen LogP contribution in [0.5, 0.6) is 0 Å². The number of aliphatic hydroxyl groups excluding tert-OH is 3. The number of para-hydroxylation sites is 1. The van der Waals surface area contributed by atoms with E-state index in [1.54, 1.807) is 170 Å². The maximum absolute atomic E-state index is 16.3. The number of Topliss-reactive ketones (excluding diaryl/α,β-unsaturated/α-hetero) is 1. The minimum Gasteiger partial charge on any atom is -0.455 e. The Balaban J connectivity index is 0.855. The minimum absolute atomic E-state index is 0.0202. The van der Waals surface area contributed by atoms with Gasteiger partial charge in [-0.15, -0.1) is 0 Å². The van der Waals surface area contributed by atoms with E-state index in [0.717, 1.165) is 21.6 Å². The second-order valence-electron chi connectivity index (χ2n) is 39.5. The van der Waals surface area contributed by atoms with E-state index in [0.29, 0.717) is 53.3 Å². The van der Waals surface area contributed by atoms with Crippen molar-refractivity contribution in [1.29, 1.82) is 0 Å². The summed E-state index contributed by atoms with van der Waals surface area (Å²) in [6, 6.07) is 27.8. The van der Waals surface area contributed by atoms with Gasteiger partial charge >= 0.3 is 30.1 Å². The molecule has 1 aromatic heterocycles. The number of methoxy groups -OCH3 is 2. The van der Waals surface area contributed by atoms with E-state index in [4.69, 9.17) is 43.6 Å². The number of hydrogen-bond acceptors (Lipinski definition) is 31. The molecule has 2 aliphatic heterocycles. The first-order chi connectivity index (χ1) is 70.0. The number of nitrogens with zero attached hydrogens (tertiary/aromatic N) is 1. The van der Waals surface area contributed by atoms with Crippen LogP contribution in [0.3, 0.4) is 0 Å². The molecule has 11 rings (SSSR count). The van der Waals surface area contributed by atoms with Gasteiger partial charge in [-0.2, -0.15) is 0 Å². The first kappa shape index (κ1) is 116. The Morgan fingerprint density at radius 1 is 0.694 bits per heavy atom. The second-order valence-corrected chi connectivity index (χ2v) is 44.7.